The van der Waals surface area contributed by atoms with Crippen LogP contribution in [0.4, 0.5) is 0 Å². The lowest BCUT2D eigenvalue weighted by Crippen LogP contribution is -2.24. The Labute approximate surface area is 162 Å². The Hall–Kier alpha value is -2.03. The average molecular weight is 417 g/mol. The molecule has 1 aromatic carbocycles. The van der Waals surface area contributed by atoms with Crippen LogP contribution in [0.1, 0.15) is 6.92 Å². The zero-order valence-electron chi connectivity index (χ0n) is 13.7. The van der Waals surface area contributed by atoms with Crippen LogP contribution in [0, 0.1) is 0 Å². The highest BCUT2D eigenvalue weighted by molar-refractivity contribution is 7.16. The maximum Gasteiger partial charge on any atom is 0.326 e. The van der Waals surface area contributed by atoms with Gasteiger partial charge < -0.3 is 18.8 Å². The SMILES string of the molecule is CCOC(=O)Cn1c(=NC(=O)C2=COCCO2)sc2ccc(Cl)c(Cl)c21. The molecule has 0 bridgehead atoms. The molecule has 0 unspecified atom stereocenters. The molecule has 2 aromatic rings. The number of benzene rings is 1. The Kier molecular flexibility index (Phi) is 5.85. The van der Waals surface area contributed by atoms with Crippen LogP contribution in [0.3, 0.4) is 0 Å². The first kappa shape index (κ1) is 18.8. The first-order valence-corrected chi connectivity index (χ1v) is 9.25. The zero-order valence-corrected chi connectivity index (χ0v) is 16.0. The molecule has 10 heteroatoms. The number of rotatable bonds is 4. The molecule has 0 atom stereocenters. The van der Waals surface area contributed by atoms with Gasteiger partial charge in [-0.15, -0.1) is 0 Å². The second-order valence-electron chi connectivity index (χ2n) is 5.10. The molecular weight excluding hydrogens is 403 g/mol. The monoisotopic (exact) mass is 416 g/mol. The first-order chi connectivity index (χ1) is 12.5. The lowest BCUT2D eigenvalue weighted by Gasteiger charge is -2.12. The van der Waals surface area contributed by atoms with Crippen molar-refractivity contribution in [1.82, 2.24) is 4.57 Å². The minimum absolute atomic E-state index is 0.000482. The van der Waals surface area contributed by atoms with Gasteiger partial charge in [0.05, 0.1) is 26.9 Å². The summed E-state index contributed by atoms with van der Waals surface area (Å²) in [7, 11) is 0. The van der Waals surface area contributed by atoms with Crippen LogP contribution in [-0.4, -0.2) is 36.3 Å². The summed E-state index contributed by atoms with van der Waals surface area (Å²) in [5.41, 5.74) is 0.513. The van der Waals surface area contributed by atoms with Crippen molar-refractivity contribution in [2.45, 2.75) is 13.5 Å². The second-order valence-corrected chi connectivity index (χ2v) is 6.90. The molecule has 0 fully saturated rings. The molecule has 26 heavy (non-hydrogen) atoms. The molecule has 1 aliphatic rings. The van der Waals surface area contributed by atoms with Crippen molar-refractivity contribution in [3.8, 4) is 0 Å². The summed E-state index contributed by atoms with van der Waals surface area (Å²) in [4.78, 5) is 28.7. The number of thiazole rings is 1. The Bertz CT molecular complexity index is 963. The summed E-state index contributed by atoms with van der Waals surface area (Å²) >= 11 is 13.6. The molecule has 3 rings (SSSR count). The Morgan fingerprint density at radius 1 is 1.35 bits per heavy atom. The van der Waals surface area contributed by atoms with E-state index in [1.807, 2.05) is 0 Å². The normalized spacial score (nSPS) is 14.6. The van der Waals surface area contributed by atoms with Gasteiger partial charge in [0.25, 0.3) is 0 Å². The third-order valence-corrected chi connectivity index (χ3v) is 5.22. The van der Waals surface area contributed by atoms with Gasteiger partial charge in [0.1, 0.15) is 26.0 Å². The van der Waals surface area contributed by atoms with Crippen LogP contribution in [0.2, 0.25) is 10.0 Å². The molecule has 0 spiro atoms. The maximum atomic E-state index is 12.3. The number of amides is 1. The predicted octanol–water partition coefficient (Wildman–Crippen LogP) is 2.89. The van der Waals surface area contributed by atoms with Crippen LogP contribution in [-0.2, 0) is 30.3 Å². The van der Waals surface area contributed by atoms with E-state index in [4.69, 9.17) is 37.4 Å². The smallest absolute Gasteiger partial charge is 0.326 e. The summed E-state index contributed by atoms with van der Waals surface area (Å²) in [5.74, 6) is -1.09. The van der Waals surface area contributed by atoms with Gasteiger partial charge in [0.15, 0.2) is 4.80 Å². The highest BCUT2D eigenvalue weighted by Gasteiger charge is 2.19. The van der Waals surface area contributed by atoms with Gasteiger partial charge in [-0.2, -0.15) is 4.99 Å². The first-order valence-electron chi connectivity index (χ1n) is 7.68. The van der Waals surface area contributed by atoms with E-state index in [0.29, 0.717) is 17.1 Å². The van der Waals surface area contributed by atoms with Crippen LogP contribution in [0.15, 0.2) is 29.1 Å². The fourth-order valence-electron chi connectivity index (χ4n) is 2.29. The Morgan fingerprint density at radius 2 is 2.15 bits per heavy atom. The standard InChI is InChI=1S/C16H14Cl2N2O5S/c1-2-24-12(21)7-20-14-11(4-3-9(17)13(14)18)26-16(20)19-15(22)10-8-23-5-6-25-10/h3-4,8H,2,5-7H2,1H3. The number of fused-ring (bicyclic) bond motifs is 1. The summed E-state index contributed by atoms with van der Waals surface area (Å²) in [5, 5.41) is 0.606. The molecule has 138 valence electrons. The fourth-order valence-corrected chi connectivity index (χ4v) is 3.80. The van der Waals surface area contributed by atoms with Crippen LogP contribution in [0.5, 0.6) is 0 Å². The third kappa shape index (κ3) is 3.87. The van der Waals surface area contributed by atoms with Crippen LogP contribution >= 0.6 is 34.5 Å². The average Bonchev–Trinajstić information content (AvgIpc) is 2.97. The largest absolute Gasteiger partial charge is 0.494 e. The van der Waals surface area contributed by atoms with Gasteiger partial charge in [-0.05, 0) is 19.1 Å². The topological polar surface area (TPSA) is 79.1 Å². The van der Waals surface area contributed by atoms with Crippen LogP contribution in [0.25, 0.3) is 10.2 Å². The van der Waals surface area contributed by atoms with E-state index >= 15 is 0 Å². The van der Waals surface area contributed by atoms with Crippen molar-refractivity contribution in [3.63, 3.8) is 0 Å². The summed E-state index contributed by atoms with van der Waals surface area (Å²) in [6.45, 7) is 2.43. The molecule has 1 aliphatic heterocycles. The number of hydrogen-bond donors (Lipinski definition) is 0. The van der Waals surface area contributed by atoms with E-state index in [9.17, 15) is 9.59 Å². The molecule has 0 radical (unpaired) electrons. The minimum Gasteiger partial charge on any atom is -0.494 e. The van der Waals surface area contributed by atoms with Crippen molar-refractivity contribution >= 4 is 56.6 Å². The second kappa shape index (κ2) is 8.11. The van der Waals surface area contributed by atoms with Crippen molar-refractivity contribution in [2.24, 2.45) is 4.99 Å². The lowest BCUT2D eigenvalue weighted by molar-refractivity contribution is -0.143. The Morgan fingerprint density at radius 3 is 2.85 bits per heavy atom. The van der Waals surface area contributed by atoms with Gasteiger partial charge in [-0.25, -0.2) is 0 Å². The quantitative estimate of drug-likeness (QED) is 0.715. The van der Waals surface area contributed by atoms with E-state index in [-0.39, 0.29) is 35.3 Å². The van der Waals surface area contributed by atoms with E-state index in [0.717, 1.165) is 4.70 Å². The number of carbonyl (C=O) groups is 2. The van der Waals surface area contributed by atoms with E-state index in [1.54, 1.807) is 19.1 Å². The van der Waals surface area contributed by atoms with Gasteiger partial charge in [0, 0.05) is 0 Å². The van der Waals surface area contributed by atoms with Crippen LogP contribution < -0.4 is 4.80 Å². The summed E-state index contributed by atoms with van der Waals surface area (Å²) in [6, 6.07) is 3.39. The number of aromatic nitrogens is 1. The van der Waals surface area contributed by atoms with E-state index in [2.05, 4.69) is 4.99 Å². The van der Waals surface area contributed by atoms with Gasteiger partial charge in [0.2, 0.25) is 5.76 Å². The molecule has 0 saturated carbocycles. The van der Waals surface area contributed by atoms with Crippen molar-refractivity contribution in [3.05, 3.63) is 39.0 Å². The highest BCUT2D eigenvalue weighted by Crippen LogP contribution is 2.32. The van der Waals surface area contributed by atoms with Crippen molar-refractivity contribution in [1.29, 1.82) is 0 Å². The minimum atomic E-state index is -0.615. The third-order valence-electron chi connectivity index (χ3n) is 3.38. The van der Waals surface area contributed by atoms with Gasteiger partial charge >= 0.3 is 11.9 Å². The van der Waals surface area contributed by atoms with Gasteiger partial charge in [-0.3, -0.25) is 9.59 Å². The molecule has 1 amide bonds. The molecule has 1 aromatic heterocycles. The number of nitrogens with zero attached hydrogens (tertiary/aromatic N) is 2. The molecule has 0 N–H and O–H groups in total. The predicted molar refractivity (Wildman–Crippen MR) is 97.0 cm³/mol. The molecule has 0 aliphatic carbocycles. The number of hydrogen-bond acceptors (Lipinski definition) is 6. The van der Waals surface area contributed by atoms with Crippen molar-refractivity contribution < 1.29 is 23.8 Å². The Balaban J connectivity index is 2.12. The van der Waals surface area contributed by atoms with E-state index in [1.165, 1.54) is 22.2 Å². The molecule has 0 saturated heterocycles. The van der Waals surface area contributed by atoms with Crippen molar-refractivity contribution in [2.75, 3.05) is 19.8 Å². The molecule has 7 nitrogen and oxygen atoms in total. The summed E-state index contributed by atoms with van der Waals surface area (Å²) < 4.78 is 17.5. The molecular formula is C16H14Cl2N2O5S. The highest BCUT2D eigenvalue weighted by atomic mass is 35.5. The number of halogens is 2. The maximum absolute atomic E-state index is 12.3. The lowest BCUT2D eigenvalue weighted by atomic mass is 10.3. The molecule has 2 heterocycles. The fraction of sp³-hybridized carbons (Fsp3) is 0.312. The van der Waals surface area contributed by atoms with E-state index < -0.39 is 11.9 Å². The zero-order chi connectivity index (χ0) is 18.7. The summed E-state index contributed by atoms with van der Waals surface area (Å²) in [6.07, 6.45) is 1.22. The number of carbonyl (C=O) groups excluding carboxylic acids is 2. The van der Waals surface area contributed by atoms with Gasteiger partial charge in [-0.1, -0.05) is 34.5 Å². The number of ether oxygens (including phenoxy) is 3. The number of esters is 1.